The summed E-state index contributed by atoms with van der Waals surface area (Å²) in [5.74, 6) is 0.373. The van der Waals surface area contributed by atoms with Gasteiger partial charge < -0.3 is 25.3 Å². The molecule has 0 aromatic carbocycles. The fraction of sp³-hybridized carbons (Fsp3) is 0.524. The van der Waals surface area contributed by atoms with Crippen molar-refractivity contribution in [3.63, 3.8) is 0 Å². The first-order chi connectivity index (χ1) is 15.1. The predicted octanol–water partition coefficient (Wildman–Crippen LogP) is 1.25. The van der Waals surface area contributed by atoms with Gasteiger partial charge in [-0.2, -0.15) is 0 Å². The number of aromatic nitrogens is 2. The van der Waals surface area contributed by atoms with Gasteiger partial charge in [0.05, 0.1) is 35.5 Å². The summed E-state index contributed by atoms with van der Waals surface area (Å²) < 4.78 is 0. The lowest BCUT2D eigenvalue weighted by atomic mass is 10.2. The summed E-state index contributed by atoms with van der Waals surface area (Å²) in [7, 11) is 0. The highest BCUT2D eigenvalue weighted by Crippen LogP contribution is 2.29. The van der Waals surface area contributed by atoms with Gasteiger partial charge in [-0.05, 0) is 25.6 Å². The standard InChI is InChI=1S/C21H29N7O2S/c1-2-26-6-8-27(9-7-26)5-3-4-22-21(30)16-10-18-20(23-11-16)24-12-19(29)28(18)13-17-14-31-15-25-17/h10-11,14-15H,2-9,12-13H2,1H3,(H,22,30)(H,23,24). The number of nitrogens with one attached hydrogen (secondary N) is 2. The molecule has 2 aromatic heterocycles. The maximum Gasteiger partial charge on any atom is 0.252 e. The summed E-state index contributed by atoms with van der Waals surface area (Å²) in [6, 6.07) is 1.73. The number of thiazole rings is 1. The molecular weight excluding hydrogens is 414 g/mol. The van der Waals surface area contributed by atoms with E-state index in [9.17, 15) is 9.59 Å². The number of carbonyl (C=O) groups is 2. The molecule has 10 heteroatoms. The van der Waals surface area contributed by atoms with E-state index in [1.165, 1.54) is 11.3 Å². The summed E-state index contributed by atoms with van der Waals surface area (Å²) in [4.78, 5) is 40.3. The van der Waals surface area contributed by atoms with Gasteiger partial charge in [-0.25, -0.2) is 9.97 Å². The number of rotatable bonds is 8. The summed E-state index contributed by atoms with van der Waals surface area (Å²) >= 11 is 1.49. The Bertz CT molecular complexity index is 897. The fourth-order valence-corrected chi connectivity index (χ4v) is 4.44. The number of hydrogen-bond acceptors (Lipinski definition) is 8. The van der Waals surface area contributed by atoms with Gasteiger partial charge in [0.25, 0.3) is 5.91 Å². The molecule has 2 amide bonds. The minimum absolute atomic E-state index is 0.0666. The van der Waals surface area contributed by atoms with Gasteiger partial charge in [0, 0.05) is 44.3 Å². The van der Waals surface area contributed by atoms with E-state index in [-0.39, 0.29) is 18.4 Å². The number of fused-ring (bicyclic) bond motifs is 1. The summed E-state index contributed by atoms with van der Waals surface area (Å²) in [5, 5.41) is 7.93. The van der Waals surface area contributed by atoms with Crippen molar-refractivity contribution >= 4 is 34.7 Å². The van der Waals surface area contributed by atoms with E-state index in [1.807, 2.05) is 5.38 Å². The Morgan fingerprint density at radius 2 is 2.03 bits per heavy atom. The van der Waals surface area contributed by atoms with Gasteiger partial charge in [0.15, 0.2) is 5.82 Å². The molecule has 0 radical (unpaired) electrons. The molecular formula is C21H29N7O2S. The number of pyridine rings is 1. The van der Waals surface area contributed by atoms with Crippen molar-refractivity contribution in [2.24, 2.45) is 0 Å². The zero-order valence-corrected chi connectivity index (χ0v) is 18.7. The first-order valence-corrected chi connectivity index (χ1v) is 11.7. The molecule has 1 saturated heterocycles. The average Bonchev–Trinajstić information content (AvgIpc) is 3.32. The largest absolute Gasteiger partial charge is 0.359 e. The second-order valence-electron chi connectivity index (χ2n) is 7.79. The molecule has 0 aliphatic carbocycles. The van der Waals surface area contributed by atoms with Crippen molar-refractivity contribution in [3.8, 4) is 0 Å². The quantitative estimate of drug-likeness (QED) is 0.593. The topological polar surface area (TPSA) is 93.7 Å². The molecule has 0 atom stereocenters. The number of hydrogen-bond donors (Lipinski definition) is 2. The molecule has 166 valence electrons. The first kappa shape index (κ1) is 21.7. The highest BCUT2D eigenvalue weighted by molar-refractivity contribution is 7.07. The number of likely N-dealkylation sites (N-methyl/N-ethyl adjacent to an activating group) is 1. The number of anilines is 2. The number of nitrogens with zero attached hydrogens (tertiary/aromatic N) is 5. The van der Waals surface area contributed by atoms with Gasteiger partial charge in [-0.3, -0.25) is 9.59 Å². The highest BCUT2D eigenvalue weighted by atomic mass is 32.1. The van der Waals surface area contributed by atoms with Crippen LogP contribution in [0.4, 0.5) is 11.5 Å². The molecule has 0 saturated carbocycles. The predicted molar refractivity (Wildman–Crippen MR) is 122 cm³/mol. The molecule has 1 fully saturated rings. The third kappa shape index (κ3) is 5.38. The van der Waals surface area contributed by atoms with Crippen molar-refractivity contribution in [2.75, 3.05) is 62.6 Å². The van der Waals surface area contributed by atoms with Crippen LogP contribution in [0.1, 0.15) is 29.4 Å². The lowest BCUT2D eigenvalue weighted by Crippen LogP contribution is -2.46. The Balaban J connectivity index is 1.32. The van der Waals surface area contributed by atoms with Crippen molar-refractivity contribution < 1.29 is 9.59 Å². The number of amides is 2. The molecule has 2 aliphatic rings. The molecule has 2 N–H and O–H groups in total. The minimum atomic E-state index is -0.169. The zero-order chi connectivity index (χ0) is 21.6. The Labute approximate surface area is 186 Å². The van der Waals surface area contributed by atoms with Crippen LogP contribution in [0.3, 0.4) is 0 Å². The third-order valence-electron chi connectivity index (χ3n) is 5.78. The molecule has 0 unspecified atom stereocenters. The van der Waals surface area contributed by atoms with Crippen molar-refractivity contribution in [2.45, 2.75) is 19.9 Å². The maximum absolute atomic E-state index is 12.7. The van der Waals surface area contributed by atoms with Crippen LogP contribution in [0, 0.1) is 0 Å². The van der Waals surface area contributed by atoms with Gasteiger partial charge in [0.1, 0.15) is 0 Å². The Morgan fingerprint density at radius 1 is 1.23 bits per heavy atom. The molecule has 4 heterocycles. The van der Waals surface area contributed by atoms with E-state index in [0.717, 1.165) is 51.4 Å². The molecule has 0 spiro atoms. The Hall–Kier alpha value is -2.56. The fourth-order valence-electron chi connectivity index (χ4n) is 3.90. The van der Waals surface area contributed by atoms with Crippen LogP contribution in [-0.2, 0) is 11.3 Å². The van der Waals surface area contributed by atoms with E-state index in [2.05, 4.69) is 37.3 Å². The van der Waals surface area contributed by atoms with Crippen LogP contribution < -0.4 is 15.5 Å². The van der Waals surface area contributed by atoms with Crippen LogP contribution in [0.2, 0.25) is 0 Å². The maximum atomic E-state index is 12.7. The molecule has 4 rings (SSSR count). The van der Waals surface area contributed by atoms with E-state index >= 15 is 0 Å². The van der Waals surface area contributed by atoms with Crippen LogP contribution in [0.15, 0.2) is 23.2 Å². The van der Waals surface area contributed by atoms with Gasteiger partial charge in [-0.15, -0.1) is 11.3 Å². The van der Waals surface area contributed by atoms with Crippen LogP contribution in [0.25, 0.3) is 0 Å². The zero-order valence-electron chi connectivity index (χ0n) is 17.8. The second kappa shape index (κ2) is 10.2. The lowest BCUT2D eigenvalue weighted by molar-refractivity contribution is -0.117. The third-order valence-corrected chi connectivity index (χ3v) is 6.42. The number of carbonyl (C=O) groups excluding carboxylic acids is 2. The molecule has 31 heavy (non-hydrogen) atoms. The molecule has 2 aromatic rings. The normalized spacial score (nSPS) is 17.3. The lowest BCUT2D eigenvalue weighted by Gasteiger charge is -2.33. The monoisotopic (exact) mass is 443 g/mol. The Morgan fingerprint density at radius 3 is 2.77 bits per heavy atom. The van der Waals surface area contributed by atoms with Crippen LogP contribution >= 0.6 is 11.3 Å². The van der Waals surface area contributed by atoms with Gasteiger partial charge in [-0.1, -0.05) is 6.92 Å². The van der Waals surface area contributed by atoms with Gasteiger partial charge >= 0.3 is 0 Å². The van der Waals surface area contributed by atoms with Crippen LogP contribution in [-0.4, -0.2) is 83.9 Å². The summed E-state index contributed by atoms with van der Waals surface area (Å²) in [6.07, 6.45) is 2.47. The van der Waals surface area contributed by atoms with Gasteiger partial charge in [0.2, 0.25) is 5.91 Å². The van der Waals surface area contributed by atoms with E-state index in [1.54, 1.807) is 22.7 Å². The smallest absolute Gasteiger partial charge is 0.252 e. The second-order valence-corrected chi connectivity index (χ2v) is 8.51. The SMILES string of the molecule is CCN1CCN(CCCNC(=O)c2cnc3c(c2)N(Cc2cscn2)C(=O)CN3)CC1. The highest BCUT2D eigenvalue weighted by Gasteiger charge is 2.26. The van der Waals surface area contributed by atoms with Crippen molar-refractivity contribution in [1.82, 2.24) is 25.1 Å². The molecule has 2 aliphatic heterocycles. The van der Waals surface area contributed by atoms with E-state index in [0.29, 0.717) is 30.2 Å². The Kier molecular flexibility index (Phi) is 7.10. The average molecular weight is 444 g/mol. The first-order valence-electron chi connectivity index (χ1n) is 10.8. The van der Waals surface area contributed by atoms with Crippen molar-refractivity contribution in [3.05, 3.63) is 34.4 Å². The molecule has 0 bridgehead atoms. The van der Waals surface area contributed by atoms with Crippen molar-refractivity contribution in [1.29, 1.82) is 0 Å². The summed E-state index contributed by atoms with van der Waals surface area (Å²) in [5.41, 5.74) is 3.64. The van der Waals surface area contributed by atoms with Crippen LogP contribution in [0.5, 0.6) is 0 Å². The minimum Gasteiger partial charge on any atom is -0.359 e. The number of piperazine rings is 1. The van der Waals surface area contributed by atoms with E-state index < -0.39 is 0 Å². The van der Waals surface area contributed by atoms with E-state index in [4.69, 9.17) is 0 Å². The summed E-state index contributed by atoms with van der Waals surface area (Å²) in [6.45, 7) is 9.88. The molecule has 9 nitrogen and oxygen atoms in total.